The number of benzene rings is 1. The van der Waals surface area contributed by atoms with E-state index in [4.69, 9.17) is 4.74 Å². The molecule has 4 heteroatoms. The van der Waals surface area contributed by atoms with E-state index >= 15 is 0 Å². The number of halogens is 1. The van der Waals surface area contributed by atoms with E-state index in [-0.39, 0.29) is 6.10 Å². The fraction of sp³-hybridized carbons (Fsp3) is 0.600. The molecule has 3 nitrogen and oxygen atoms in total. The second-order valence-electron chi connectivity index (χ2n) is 5.61. The van der Waals surface area contributed by atoms with Crippen molar-refractivity contribution in [3.8, 4) is 5.75 Å². The van der Waals surface area contributed by atoms with E-state index < -0.39 is 0 Å². The van der Waals surface area contributed by atoms with Crippen LogP contribution in [0.1, 0.15) is 37.3 Å². The lowest BCUT2D eigenvalue weighted by Crippen LogP contribution is -2.30. The fourth-order valence-electron chi connectivity index (χ4n) is 3.12. The zero-order valence-electron chi connectivity index (χ0n) is 10.9. The number of aliphatic hydroxyl groups excluding tert-OH is 1. The Bertz CT molecular complexity index is 452. The van der Waals surface area contributed by atoms with E-state index in [0.29, 0.717) is 12.0 Å². The minimum Gasteiger partial charge on any atom is -0.493 e. The molecular weight excluding hydrogens is 306 g/mol. The Labute approximate surface area is 122 Å². The molecule has 1 aliphatic heterocycles. The predicted octanol–water partition coefficient (Wildman–Crippen LogP) is 3.02. The molecule has 0 saturated heterocycles. The number of fused-ring (bicyclic) bond motifs is 1. The summed E-state index contributed by atoms with van der Waals surface area (Å²) in [6.45, 7) is 1.77. The highest BCUT2D eigenvalue weighted by Crippen LogP contribution is 2.34. The van der Waals surface area contributed by atoms with E-state index in [1.165, 1.54) is 5.56 Å². The van der Waals surface area contributed by atoms with Crippen molar-refractivity contribution in [3.05, 3.63) is 28.2 Å². The molecule has 1 fully saturated rings. The molecule has 104 valence electrons. The van der Waals surface area contributed by atoms with Crippen molar-refractivity contribution in [2.75, 3.05) is 13.2 Å². The van der Waals surface area contributed by atoms with Gasteiger partial charge in [0.1, 0.15) is 5.75 Å². The maximum Gasteiger partial charge on any atom is 0.124 e. The Morgan fingerprint density at radius 1 is 1.32 bits per heavy atom. The maximum atomic E-state index is 9.58. The van der Waals surface area contributed by atoms with Gasteiger partial charge >= 0.3 is 0 Å². The molecule has 0 amide bonds. The van der Waals surface area contributed by atoms with Crippen molar-refractivity contribution in [3.63, 3.8) is 0 Å². The highest BCUT2D eigenvalue weighted by molar-refractivity contribution is 9.10. The lowest BCUT2D eigenvalue weighted by Gasteiger charge is -2.28. The van der Waals surface area contributed by atoms with Gasteiger partial charge in [0, 0.05) is 22.5 Å². The summed E-state index contributed by atoms with van der Waals surface area (Å²) in [5, 5.41) is 13.2. The summed E-state index contributed by atoms with van der Waals surface area (Å²) in [4.78, 5) is 0. The number of nitrogens with one attached hydrogen (secondary N) is 1. The van der Waals surface area contributed by atoms with Gasteiger partial charge in [-0.05, 0) is 49.9 Å². The van der Waals surface area contributed by atoms with Crippen LogP contribution in [0.25, 0.3) is 0 Å². The van der Waals surface area contributed by atoms with Gasteiger partial charge in [0.2, 0.25) is 0 Å². The molecule has 1 aromatic rings. The van der Waals surface area contributed by atoms with Crippen LogP contribution in [0.3, 0.4) is 0 Å². The summed E-state index contributed by atoms with van der Waals surface area (Å²) in [6.07, 6.45) is 3.98. The van der Waals surface area contributed by atoms with E-state index in [2.05, 4.69) is 27.3 Å². The molecule has 0 bridgehead atoms. The first-order valence-electron chi connectivity index (χ1n) is 7.06. The summed E-state index contributed by atoms with van der Waals surface area (Å²) >= 11 is 3.53. The van der Waals surface area contributed by atoms with Crippen LogP contribution in [-0.4, -0.2) is 24.4 Å². The van der Waals surface area contributed by atoms with Crippen molar-refractivity contribution >= 4 is 15.9 Å². The molecule has 3 unspecified atom stereocenters. The molecule has 3 rings (SSSR count). The van der Waals surface area contributed by atoms with Crippen LogP contribution in [0.4, 0.5) is 0 Å². The van der Waals surface area contributed by atoms with Crippen molar-refractivity contribution in [1.29, 1.82) is 0 Å². The Morgan fingerprint density at radius 3 is 3.00 bits per heavy atom. The number of hydrogen-bond donors (Lipinski definition) is 2. The second-order valence-corrected chi connectivity index (χ2v) is 6.53. The van der Waals surface area contributed by atoms with Crippen molar-refractivity contribution in [2.45, 2.75) is 37.8 Å². The molecule has 19 heavy (non-hydrogen) atoms. The second kappa shape index (κ2) is 5.81. The average molecular weight is 326 g/mol. The zero-order chi connectivity index (χ0) is 13.2. The van der Waals surface area contributed by atoms with Crippen LogP contribution >= 0.6 is 15.9 Å². The van der Waals surface area contributed by atoms with Crippen molar-refractivity contribution in [1.82, 2.24) is 5.32 Å². The molecule has 3 atom stereocenters. The molecule has 2 aliphatic rings. The lowest BCUT2D eigenvalue weighted by molar-refractivity contribution is 0.176. The highest BCUT2D eigenvalue weighted by Gasteiger charge is 2.26. The van der Waals surface area contributed by atoms with Crippen LogP contribution < -0.4 is 10.1 Å². The number of hydrogen-bond acceptors (Lipinski definition) is 3. The minimum absolute atomic E-state index is 0.0806. The average Bonchev–Trinajstić information content (AvgIpc) is 2.82. The third-order valence-corrected chi connectivity index (χ3v) is 4.67. The number of rotatable bonds is 3. The quantitative estimate of drug-likeness (QED) is 0.897. The predicted molar refractivity (Wildman–Crippen MR) is 78.3 cm³/mol. The molecular formula is C15H20BrNO2. The van der Waals surface area contributed by atoms with Gasteiger partial charge in [-0.25, -0.2) is 0 Å². The van der Waals surface area contributed by atoms with E-state index in [0.717, 1.165) is 49.1 Å². The first-order valence-corrected chi connectivity index (χ1v) is 7.85. The monoisotopic (exact) mass is 325 g/mol. The topological polar surface area (TPSA) is 41.5 Å². The third kappa shape index (κ3) is 3.12. The molecule has 1 aliphatic carbocycles. The van der Waals surface area contributed by atoms with Crippen LogP contribution in [0.5, 0.6) is 5.75 Å². The summed E-state index contributed by atoms with van der Waals surface area (Å²) < 4.78 is 6.79. The molecule has 1 heterocycles. The Kier molecular flexibility index (Phi) is 4.10. The van der Waals surface area contributed by atoms with Gasteiger partial charge in [0.25, 0.3) is 0 Å². The van der Waals surface area contributed by atoms with E-state index in [1.807, 2.05) is 12.1 Å². The normalized spacial score (nSPS) is 29.9. The largest absolute Gasteiger partial charge is 0.493 e. The summed E-state index contributed by atoms with van der Waals surface area (Å²) in [6, 6.07) is 6.58. The SMILES string of the molecule is OC1CCC(CNC2CCOc3ccc(Br)cc32)C1. The first kappa shape index (κ1) is 13.4. The van der Waals surface area contributed by atoms with Crippen LogP contribution in [0, 0.1) is 5.92 Å². The molecule has 1 saturated carbocycles. The number of aliphatic hydroxyl groups is 1. The van der Waals surface area contributed by atoms with Gasteiger partial charge in [-0.15, -0.1) is 0 Å². The molecule has 0 spiro atoms. The Hall–Kier alpha value is -0.580. The Morgan fingerprint density at radius 2 is 2.21 bits per heavy atom. The van der Waals surface area contributed by atoms with Crippen LogP contribution in [-0.2, 0) is 0 Å². The molecule has 1 aromatic carbocycles. The molecule has 0 aromatic heterocycles. The van der Waals surface area contributed by atoms with Gasteiger partial charge in [-0.1, -0.05) is 15.9 Å². The standard InChI is InChI=1S/C15H20BrNO2/c16-11-2-4-15-13(8-11)14(5-6-19-15)17-9-10-1-3-12(18)7-10/h2,4,8,10,12,14,17-18H,1,3,5-7,9H2. The lowest BCUT2D eigenvalue weighted by atomic mass is 9.99. The third-order valence-electron chi connectivity index (χ3n) is 4.18. The first-order chi connectivity index (χ1) is 9.22. The molecule has 0 radical (unpaired) electrons. The van der Waals surface area contributed by atoms with Gasteiger partial charge in [-0.2, -0.15) is 0 Å². The smallest absolute Gasteiger partial charge is 0.124 e. The Balaban J connectivity index is 1.64. The van der Waals surface area contributed by atoms with Gasteiger partial charge in [0.15, 0.2) is 0 Å². The van der Waals surface area contributed by atoms with Crippen molar-refractivity contribution in [2.24, 2.45) is 5.92 Å². The number of ether oxygens (including phenoxy) is 1. The summed E-state index contributed by atoms with van der Waals surface area (Å²) in [7, 11) is 0. The van der Waals surface area contributed by atoms with Gasteiger partial charge < -0.3 is 15.2 Å². The van der Waals surface area contributed by atoms with Gasteiger partial charge in [0.05, 0.1) is 12.7 Å². The van der Waals surface area contributed by atoms with Crippen LogP contribution in [0.15, 0.2) is 22.7 Å². The van der Waals surface area contributed by atoms with Crippen LogP contribution in [0.2, 0.25) is 0 Å². The van der Waals surface area contributed by atoms with E-state index in [9.17, 15) is 5.11 Å². The maximum absolute atomic E-state index is 9.58. The zero-order valence-corrected chi connectivity index (χ0v) is 12.5. The van der Waals surface area contributed by atoms with Gasteiger partial charge in [-0.3, -0.25) is 0 Å². The molecule has 2 N–H and O–H groups in total. The van der Waals surface area contributed by atoms with E-state index in [1.54, 1.807) is 0 Å². The van der Waals surface area contributed by atoms with Crippen molar-refractivity contribution < 1.29 is 9.84 Å². The fourth-order valence-corrected chi connectivity index (χ4v) is 3.50. The minimum atomic E-state index is -0.0806. The summed E-state index contributed by atoms with van der Waals surface area (Å²) in [5.74, 6) is 1.62. The highest BCUT2D eigenvalue weighted by atomic mass is 79.9. The summed E-state index contributed by atoms with van der Waals surface area (Å²) in [5.41, 5.74) is 1.25.